The first-order valence-corrected chi connectivity index (χ1v) is 7.10. The van der Waals surface area contributed by atoms with Gasteiger partial charge in [-0.1, -0.05) is 15.9 Å². The quantitative estimate of drug-likeness (QED) is 0.786. The van der Waals surface area contributed by atoms with Crippen LogP contribution in [0.5, 0.6) is 0 Å². The van der Waals surface area contributed by atoms with E-state index in [2.05, 4.69) is 20.9 Å². The van der Waals surface area contributed by atoms with Gasteiger partial charge in [0, 0.05) is 30.3 Å². The Morgan fingerprint density at radius 3 is 3.06 bits per heavy atom. The van der Waals surface area contributed by atoms with Gasteiger partial charge in [0.05, 0.1) is 5.56 Å². The molecule has 1 fully saturated rings. The van der Waals surface area contributed by atoms with E-state index >= 15 is 0 Å². The number of nitrogens with zero attached hydrogens (tertiary/aromatic N) is 2. The lowest BCUT2D eigenvalue weighted by Crippen LogP contribution is -2.40. The number of carbonyl (C=O) groups excluding carboxylic acids is 1. The summed E-state index contributed by atoms with van der Waals surface area (Å²) < 4.78 is 0. The number of pyridine rings is 1. The van der Waals surface area contributed by atoms with E-state index in [1.807, 2.05) is 24.0 Å². The van der Waals surface area contributed by atoms with Crippen molar-refractivity contribution in [3.05, 3.63) is 29.6 Å². The van der Waals surface area contributed by atoms with Gasteiger partial charge < -0.3 is 4.90 Å². The lowest BCUT2D eigenvalue weighted by molar-refractivity contribution is 0.0685. The molecule has 1 aliphatic rings. The fourth-order valence-corrected chi connectivity index (χ4v) is 2.68. The molecule has 1 aliphatic heterocycles. The first-order chi connectivity index (χ1) is 8.20. The summed E-state index contributed by atoms with van der Waals surface area (Å²) in [4.78, 5) is 18.4. The van der Waals surface area contributed by atoms with Crippen LogP contribution < -0.4 is 0 Å². The zero-order valence-corrected chi connectivity index (χ0v) is 11.6. The van der Waals surface area contributed by atoms with Gasteiger partial charge in [0.15, 0.2) is 0 Å². The number of alkyl halides is 1. The summed E-state index contributed by atoms with van der Waals surface area (Å²) >= 11 is 3.50. The van der Waals surface area contributed by atoms with Crippen molar-refractivity contribution in [2.24, 2.45) is 5.92 Å². The zero-order valence-electron chi connectivity index (χ0n) is 10.0. The van der Waals surface area contributed by atoms with Gasteiger partial charge in [-0.3, -0.25) is 9.78 Å². The zero-order chi connectivity index (χ0) is 12.3. The summed E-state index contributed by atoms with van der Waals surface area (Å²) in [5.74, 6) is 0.703. The van der Waals surface area contributed by atoms with Crippen LogP contribution in [0.15, 0.2) is 18.3 Å². The van der Waals surface area contributed by atoms with Crippen LogP contribution in [0.4, 0.5) is 0 Å². The molecule has 4 heteroatoms. The lowest BCUT2D eigenvalue weighted by Gasteiger charge is -2.31. The number of amides is 1. The fraction of sp³-hybridized carbons (Fsp3) is 0.538. The molecule has 0 spiro atoms. The molecule has 0 N–H and O–H groups in total. The average Bonchev–Trinajstić information content (AvgIpc) is 2.39. The molecule has 92 valence electrons. The van der Waals surface area contributed by atoms with E-state index in [-0.39, 0.29) is 5.91 Å². The normalized spacial score (nSPS) is 20.4. The van der Waals surface area contributed by atoms with Crippen molar-refractivity contribution in [3.63, 3.8) is 0 Å². The van der Waals surface area contributed by atoms with E-state index in [9.17, 15) is 4.79 Å². The largest absolute Gasteiger partial charge is 0.338 e. The van der Waals surface area contributed by atoms with Crippen LogP contribution in [0, 0.1) is 12.8 Å². The second kappa shape index (κ2) is 5.63. The van der Waals surface area contributed by atoms with Crippen molar-refractivity contribution >= 4 is 21.8 Å². The molecule has 1 amide bonds. The molecule has 1 saturated heterocycles. The van der Waals surface area contributed by atoms with Gasteiger partial charge in [0.25, 0.3) is 5.91 Å². The molecule has 17 heavy (non-hydrogen) atoms. The second-order valence-electron chi connectivity index (χ2n) is 4.60. The van der Waals surface area contributed by atoms with Gasteiger partial charge in [-0.15, -0.1) is 0 Å². The summed E-state index contributed by atoms with van der Waals surface area (Å²) in [6.45, 7) is 3.66. The molecule has 2 heterocycles. The predicted octanol–water partition coefficient (Wildman–Crippen LogP) is 2.64. The highest BCUT2D eigenvalue weighted by Crippen LogP contribution is 2.19. The minimum atomic E-state index is 0.114. The SMILES string of the molecule is Cc1ccc(C(=O)N2CCCC(CBr)C2)cn1. The Balaban J connectivity index is 2.06. The van der Waals surface area contributed by atoms with E-state index in [1.54, 1.807) is 6.20 Å². The number of aromatic nitrogens is 1. The number of piperidine rings is 1. The van der Waals surface area contributed by atoms with E-state index in [1.165, 1.54) is 6.42 Å². The maximum Gasteiger partial charge on any atom is 0.255 e. The Bertz CT molecular complexity index is 391. The number of hydrogen-bond acceptors (Lipinski definition) is 2. The van der Waals surface area contributed by atoms with E-state index in [0.29, 0.717) is 11.5 Å². The van der Waals surface area contributed by atoms with Crippen molar-refractivity contribution in [1.29, 1.82) is 0 Å². The van der Waals surface area contributed by atoms with Gasteiger partial charge in [0.2, 0.25) is 0 Å². The van der Waals surface area contributed by atoms with Crippen molar-refractivity contribution in [2.75, 3.05) is 18.4 Å². The summed E-state index contributed by atoms with van der Waals surface area (Å²) in [5.41, 5.74) is 1.64. The third-order valence-corrected chi connectivity index (χ3v) is 4.10. The Labute approximate surface area is 110 Å². The van der Waals surface area contributed by atoms with Crippen LogP contribution in [0.2, 0.25) is 0 Å². The third-order valence-electron chi connectivity index (χ3n) is 3.18. The first-order valence-electron chi connectivity index (χ1n) is 5.98. The third kappa shape index (κ3) is 3.06. The standard InChI is InChI=1S/C13H17BrN2O/c1-10-4-5-12(8-15-10)13(17)16-6-2-3-11(7-14)9-16/h4-5,8,11H,2-3,6-7,9H2,1H3. The van der Waals surface area contributed by atoms with Gasteiger partial charge in [-0.2, -0.15) is 0 Å². The minimum Gasteiger partial charge on any atom is -0.338 e. The summed E-state index contributed by atoms with van der Waals surface area (Å²) in [5, 5.41) is 0.975. The summed E-state index contributed by atoms with van der Waals surface area (Å²) in [6, 6.07) is 3.75. The predicted molar refractivity (Wildman–Crippen MR) is 71.4 cm³/mol. The Kier molecular flexibility index (Phi) is 4.15. The highest BCUT2D eigenvalue weighted by molar-refractivity contribution is 9.09. The Morgan fingerprint density at radius 2 is 2.41 bits per heavy atom. The number of aryl methyl sites for hydroxylation is 1. The van der Waals surface area contributed by atoms with Crippen LogP contribution in [0.25, 0.3) is 0 Å². The van der Waals surface area contributed by atoms with Gasteiger partial charge in [0.1, 0.15) is 0 Å². The molecule has 1 aromatic heterocycles. The number of hydrogen-bond donors (Lipinski definition) is 0. The van der Waals surface area contributed by atoms with Crippen molar-refractivity contribution < 1.29 is 4.79 Å². The van der Waals surface area contributed by atoms with Crippen LogP contribution in [-0.4, -0.2) is 34.2 Å². The molecule has 1 unspecified atom stereocenters. The van der Waals surface area contributed by atoms with E-state index < -0.39 is 0 Å². The van der Waals surface area contributed by atoms with Crippen LogP contribution in [0.3, 0.4) is 0 Å². The topological polar surface area (TPSA) is 33.2 Å². The summed E-state index contributed by atoms with van der Waals surface area (Å²) in [6.07, 6.45) is 3.98. The molecule has 0 bridgehead atoms. The first kappa shape index (κ1) is 12.6. The average molecular weight is 297 g/mol. The number of halogens is 1. The highest BCUT2D eigenvalue weighted by atomic mass is 79.9. The second-order valence-corrected chi connectivity index (χ2v) is 5.25. The van der Waals surface area contributed by atoms with Crippen molar-refractivity contribution in [3.8, 4) is 0 Å². The number of rotatable bonds is 2. The van der Waals surface area contributed by atoms with Gasteiger partial charge >= 0.3 is 0 Å². The summed E-state index contributed by atoms with van der Waals surface area (Å²) in [7, 11) is 0. The monoisotopic (exact) mass is 296 g/mol. The molecular formula is C13H17BrN2O. The van der Waals surface area contributed by atoms with Gasteiger partial charge in [-0.05, 0) is 37.8 Å². The Hall–Kier alpha value is -0.900. The minimum absolute atomic E-state index is 0.114. The molecule has 0 aromatic carbocycles. The van der Waals surface area contributed by atoms with Crippen LogP contribution in [-0.2, 0) is 0 Å². The van der Waals surface area contributed by atoms with Crippen molar-refractivity contribution in [1.82, 2.24) is 9.88 Å². The molecule has 0 radical (unpaired) electrons. The van der Waals surface area contributed by atoms with Crippen LogP contribution >= 0.6 is 15.9 Å². The van der Waals surface area contributed by atoms with Crippen molar-refractivity contribution in [2.45, 2.75) is 19.8 Å². The molecule has 0 aliphatic carbocycles. The molecule has 2 rings (SSSR count). The molecular weight excluding hydrogens is 280 g/mol. The maximum atomic E-state index is 12.2. The molecule has 0 saturated carbocycles. The van der Waals surface area contributed by atoms with E-state index in [0.717, 1.165) is 30.5 Å². The van der Waals surface area contributed by atoms with E-state index in [4.69, 9.17) is 0 Å². The van der Waals surface area contributed by atoms with Gasteiger partial charge in [-0.25, -0.2) is 0 Å². The highest BCUT2D eigenvalue weighted by Gasteiger charge is 2.23. The van der Waals surface area contributed by atoms with Crippen LogP contribution in [0.1, 0.15) is 28.9 Å². The number of carbonyl (C=O) groups is 1. The number of likely N-dealkylation sites (tertiary alicyclic amines) is 1. The molecule has 1 aromatic rings. The fourth-order valence-electron chi connectivity index (χ4n) is 2.15. The Morgan fingerprint density at radius 1 is 1.59 bits per heavy atom. The lowest BCUT2D eigenvalue weighted by atomic mass is 9.99. The molecule has 3 nitrogen and oxygen atoms in total. The maximum absolute atomic E-state index is 12.2. The smallest absolute Gasteiger partial charge is 0.255 e. The molecule has 1 atom stereocenters.